The maximum Gasteiger partial charge on any atom is 0.281 e. The topological polar surface area (TPSA) is 114 Å². The van der Waals surface area contributed by atoms with Gasteiger partial charge in [0.25, 0.3) is 16.0 Å². The third-order valence-corrected chi connectivity index (χ3v) is 3.33. The van der Waals surface area contributed by atoms with Gasteiger partial charge in [-0.25, -0.2) is 0 Å². The van der Waals surface area contributed by atoms with Crippen LogP contribution in [0.4, 0.5) is 0 Å². The number of benzene rings is 1. The summed E-state index contributed by atoms with van der Waals surface area (Å²) < 4.78 is 41.0. The Morgan fingerprint density at radius 3 is 2.22 bits per heavy atom. The van der Waals surface area contributed by atoms with Crippen molar-refractivity contribution in [2.45, 2.75) is 5.25 Å². The summed E-state index contributed by atoms with van der Waals surface area (Å²) >= 11 is 0. The summed E-state index contributed by atoms with van der Waals surface area (Å²) in [6, 6.07) is 3.88. The van der Waals surface area contributed by atoms with Crippen molar-refractivity contribution in [2.75, 3.05) is 14.2 Å². The Balaban J connectivity index is 3.35. The maximum atomic E-state index is 11.1. The third-order valence-electron chi connectivity index (χ3n) is 2.25. The second kappa shape index (κ2) is 5.23. The Labute approximate surface area is 104 Å². The zero-order valence-corrected chi connectivity index (χ0v) is 10.5. The fourth-order valence-corrected chi connectivity index (χ4v) is 2.24. The summed E-state index contributed by atoms with van der Waals surface area (Å²) in [4.78, 5) is 11.0. The van der Waals surface area contributed by atoms with Crippen molar-refractivity contribution in [3.63, 3.8) is 0 Å². The number of amides is 1. The molecule has 1 radical (unpaired) electrons. The van der Waals surface area contributed by atoms with E-state index in [0.29, 0.717) is 5.75 Å². The van der Waals surface area contributed by atoms with Gasteiger partial charge in [-0.3, -0.25) is 15.1 Å². The summed E-state index contributed by atoms with van der Waals surface area (Å²) in [5, 5.41) is -1.95. The third kappa shape index (κ3) is 2.90. The van der Waals surface area contributed by atoms with Crippen molar-refractivity contribution in [1.29, 1.82) is 0 Å². The molecule has 0 heterocycles. The van der Waals surface area contributed by atoms with Gasteiger partial charge in [-0.1, -0.05) is 6.07 Å². The highest BCUT2D eigenvalue weighted by atomic mass is 32.2. The summed E-state index contributed by atoms with van der Waals surface area (Å²) in [7, 11) is -1.96. The van der Waals surface area contributed by atoms with Crippen molar-refractivity contribution in [1.82, 2.24) is 5.73 Å². The van der Waals surface area contributed by atoms with Crippen LogP contribution in [0, 0.1) is 0 Å². The summed E-state index contributed by atoms with van der Waals surface area (Å²) in [5.74, 6) is -0.887. The molecule has 1 aromatic carbocycles. The van der Waals surface area contributed by atoms with Crippen LogP contribution in [-0.4, -0.2) is 33.1 Å². The fraction of sp³-hybridized carbons (Fsp3) is 0.300. The zero-order chi connectivity index (χ0) is 13.9. The highest BCUT2D eigenvalue weighted by Crippen LogP contribution is 2.32. The van der Waals surface area contributed by atoms with Crippen LogP contribution in [0.3, 0.4) is 0 Å². The number of ether oxygens (including phenoxy) is 2. The standard InChI is InChI=1S/C10H12NO6S/c1-16-7-4-3-6(5-8(7)17-2)9(10(11)12)18(13,14)15/h3-5,9,11H,1-2H3,(H,13,14,15). The van der Waals surface area contributed by atoms with Crippen LogP contribution < -0.4 is 15.2 Å². The van der Waals surface area contributed by atoms with Gasteiger partial charge in [0.05, 0.1) is 14.2 Å². The van der Waals surface area contributed by atoms with Gasteiger partial charge in [-0.15, -0.1) is 0 Å². The van der Waals surface area contributed by atoms with Crippen LogP contribution >= 0.6 is 0 Å². The van der Waals surface area contributed by atoms with E-state index < -0.39 is 21.3 Å². The average molecular weight is 274 g/mol. The highest BCUT2D eigenvalue weighted by Gasteiger charge is 2.32. The van der Waals surface area contributed by atoms with Crippen LogP contribution in [0.5, 0.6) is 11.5 Å². The SMILES string of the molecule is COc1ccc(C(C([NH])=O)S(=O)(=O)O)cc1OC. The summed E-state index contributed by atoms with van der Waals surface area (Å²) in [5.41, 5.74) is 6.84. The first-order valence-electron chi connectivity index (χ1n) is 4.75. The molecule has 0 bridgehead atoms. The number of methoxy groups -OCH3 is 2. The van der Waals surface area contributed by atoms with E-state index >= 15 is 0 Å². The number of nitrogens with one attached hydrogen (secondary N) is 1. The number of carbonyl (C=O) groups is 1. The first kappa shape index (κ1) is 14.3. The normalized spacial score (nSPS) is 12.8. The van der Waals surface area contributed by atoms with E-state index in [0.717, 1.165) is 0 Å². The molecule has 1 amide bonds. The minimum Gasteiger partial charge on any atom is -0.493 e. The van der Waals surface area contributed by atoms with E-state index in [2.05, 4.69) is 0 Å². The van der Waals surface area contributed by atoms with Crippen molar-refractivity contribution >= 4 is 16.0 Å². The first-order chi connectivity index (χ1) is 8.31. The number of hydrogen-bond donors (Lipinski definition) is 1. The van der Waals surface area contributed by atoms with E-state index in [9.17, 15) is 13.2 Å². The van der Waals surface area contributed by atoms with Crippen molar-refractivity contribution in [2.24, 2.45) is 0 Å². The Morgan fingerprint density at radius 2 is 1.83 bits per heavy atom. The lowest BCUT2D eigenvalue weighted by Crippen LogP contribution is -2.22. The van der Waals surface area contributed by atoms with Crippen LogP contribution in [0.2, 0.25) is 0 Å². The van der Waals surface area contributed by atoms with Crippen LogP contribution in [0.25, 0.3) is 0 Å². The molecule has 0 saturated carbocycles. The van der Waals surface area contributed by atoms with Gasteiger partial charge < -0.3 is 9.47 Å². The van der Waals surface area contributed by atoms with Gasteiger partial charge in [0.2, 0.25) is 0 Å². The second-order valence-electron chi connectivity index (χ2n) is 3.37. The molecule has 1 unspecified atom stereocenters. The molecule has 0 aliphatic carbocycles. The van der Waals surface area contributed by atoms with Crippen molar-refractivity contribution in [3.05, 3.63) is 23.8 Å². The molecular formula is C10H12NO6S. The van der Waals surface area contributed by atoms with Crippen LogP contribution in [0.15, 0.2) is 18.2 Å². The van der Waals surface area contributed by atoms with E-state index in [1.807, 2.05) is 0 Å². The molecule has 8 heteroatoms. The average Bonchev–Trinajstić information content (AvgIpc) is 2.26. The number of hydrogen-bond acceptors (Lipinski definition) is 5. The lowest BCUT2D eigenvalue weighted by molar-refractivity contribution is -0.118. The smallest absolute Gasteiger partial charge is 0.281 e. The van der Waals surface area contributed by atoms with Gasteiger partial charge >= 0.3 is 0 Å². The first-order valence-corrected chi connectivity index (χ1v) is 6.25. The van der Waals surface area contributed by atoms with Gasteiger partial charge in [0.1, 0.15) is 0 Å². The maximum absolute atomic E-state index is 11.1. The quantitative estimate of drug-likeness (QED) is 0.779. The number of rotatable bonds is 5. The van der Waals surface area contributed by atoms with Gasteiger partial charge in [0.15, 0.2) is 16.7 Å². The molecule has 0 spiro atoms. The second-order valence-corrected chi connectivity index (χ2v) is 4.88. The molecule has 18 heavy (non-hydrogen) atoms. The van der Waals surface area contributed by atoms with E-state index in [4.69, 9.17) is 19.8 Å². The Kier molecular flexibility index (Phi) is 4.15. The van der Waals surface area contributed by atoms with Gasteiger partial charge in [-0.05, 0) is 17.7 Å². The van der Waals surface area contributed by atoms with Crippen molar-refractivity contribution in [3.8, 4) is 11.5 Å². The molecule has 0 aliphatic heterocycles. The number of carbonyl (C=O) groups excluding carboxylic acids is 1. The van der Waals surface area contributed by atoms with E-state index in [-0.39, 0.29) is 11.3 Å². The molecule has 0 saturated heterocycles. The molecule has 0 fully saturated rings. The molecular weight excluding hydrogens is 262 g/mol. The summed E-state index contributed by atoms with van der Waals surface area (Å²) in [6.45, 7) is 0. The molecule has 2 N–H and O–H groups in total. The van der Waals surface area contributed by atoms with E-state index in [1.165, 1.54) is 32.4 Å². The fourth-order valence-electron chi connectivity index (χ4n) is 1.47. The monoisotopic (exact) mass is 274 g/mol. The zero-order valence-electron chi connectivity index (χ0n) is 9.71. The predicted octanol–water partition coefficient (Wildman–Crippen LogP) is 0.442. The molecule has 1 atom stereocenters. The molecule has 0 aliphatic rings. The minimum atomic E-state index is -4.70. The molecule has 7 nitrogen and oxygen atoms in total. The summed E-state index contributed by atoms with van der Waals surface area (Å²) in [6.07, 6.45) is 0. The van der Waals surface area contributed by atoms with Crippen LogP contribution in [-0.2, 0) is 14.9 Å². The highest BCUT2D eigenvalue weighted by molar-refractivity contribution is 7.86. The van der Waals surface area contributed by atoms with Gasteiger partial charge in [0, 0.05) is 0 Å². The molecule has 0 aromatic heterocycles. The van der Waals surface area contributed by atoms with Gasteiger partial charge in [-0.2, -0.15) is 8.42 Å². The Morgan fingerprint density at radius 1 is 1.28 bits per heavy atom. The largest absolute Gasteiger partial charge is 0.493 e. The Hall–Kier alpha value is -1.80. The Bertz CT molecular complexity index is 553. The lowest BCUT2D eigenvalue weighted by Gasteiger charge is -2.13. The predicted molar refractivity (Wildman–Crippen MR) is 61.9 cm³/mol. The minimum absolute atomic E-state index is 0.0600. The van der Waals surface area contributed by atoms with Crippen molar-refractivity contribution < 1.29 is 27.2 Å². The lowest BCUT2D eigenvalue weighted by atomic mass is 10.1. The van der Waals surface area contributed by atoms with Crippen LogP contribution in [0.1, 0.15) is 10.8 Å². The molecule has 1 aromatic rings. The molecule has 99 valence electrons. The van der Waals surface area contributed by atoms with E-state index in [1.54, 1.807) is 0 Å². The molecule has 1 rings (SSSR count).